The van der Waals surface area contributed by atoms with Gasteiger partial charge < -0.3 is 5.32 Å². The third-order valence-electron chi connectivity index (χ3n) is 4.26. The first-order valence-electron chi connectivity index (χ1n) is 8.31. The predicted molar refractivity (Wildman–Crippen MR) is 104 cm³/mol. The van der Waals surface area contributed by atoms with Gasteiger partial charge in [-0.3, -0.25) is 15.1 Å². The molecular weight excluding hydrogens is 342 g/mol. The number of para-hydroxylation sites is 1. The number of nitrogens with one attached hydrogen (secondary N) is 1. The molecule has 0 amide bonds. The van der Waals surface area contributed by atoms with Gasteiger partial charge in [-0.15, -0.1) is 0 Å². The van der Waals surface area contributed by atoms with Crippen LogP contribution in [-0.4, -0.2) is 26.9 Å². The summed E-state index contributed by atoms with van der Waals surface area (Å²) in [7, 11) is 1.78. The number of anilines is 1. The van der Waals surface area contributed by atoms with E-state index < -0.39 is 0 Å². The molecule has 0 aliphatic heterocycles. The molecule has 0 atom stereocenters. The van der Waals surface area contributed by atoms with Crippen LogP contribution in [-0.2, 0) is 0 Å². The minimum Gasteiger partial charge on any atom is -0.373 e. The molecule has 2 aromatic heterocycles. The van der Waals surface area contributed by atoms with Crippen molar-refractivity contribution >= 4 is 22.4 Å². The molecule has 7 nitrogen and oxygen atoms in total. The molecule has 2 aromatic carbocycles. The summed E-state index contributed by atoms with van der Waals surface area (Å²) in [5.41, 5.74) is 2.93. The van der Waals surface area contributed by atoms with Crippen LogP contribution in [0.3, 0.4) is 0 Å². The molecule has 2 heterocycles. The minimum absolute atomic E-state index is 0.0655. The van der Waals surface area contributed by atoms with Gasteiger partial charge in [0, 0.05) is 36.5 Å². The van der Waals surface area contributed by atoms with Crippen molar-refractivity contribution in [2.45, 2.75) is 0 Å². The molecule has 0 spiro atoms. The Labute approximate surface area is 154 Å². The molecule has 0 fully saturated rings. The van der Waals surface area contributed by atoms with Gasteiger partial charge in [-0.25, -0.2) is 9.97 Å². The van der Waals surface area contributed by atoms with Gasteiger partial charge in [0.05, 0.1) is 16.0 Å². The molecule has 0 unspecified atom stereocenters. The summed E-state index contributed by atoms with van der Waals surface area (Å²) in [4.78, 5) is 24.3. The van der Waals surface area contributed by atoms with E-state index in [1.54, 1.807) is 37.6 Å². The van der Waals surface area contributed by atoms with Gasteiger partial charge in [0.2, 0.25) is 0 Å². The number of nitro benzene ring substituents is 1. The van der Waals surface area contributed by atoms with Gasteiger partial charge in [-0.05, 0) is 35.9 Å². The van der Waals surface area contributed by atoms with Gasteiger partial charge in [0.25, 0.3) is 5.69 Å². The molecule has 132 valence electrons. The Kier molecular flexibility index (Phi) is 4.18. The summed E-state index contributed by atoms with van der Waals surface area (Å²) >= 11 is 0. The second-order valence-electron chi connectivity index (χ2n) is 5.89. The maximum Gasteiger partial charge on any atom is 0.277 e. The normalized spacial score (nSPS) is 10.7. The molecule has 0 aliphatic carbocycles. The molecule has 27 heavy (non-hydrogen) atoms. The van der Waals surface area contributed by atoms with E-state index in [-0.39, 0.29) is 10.6 Å². The summed E-state index contributed by atoms with van der Waals surface area (Å²) in [5, 5.41) is 15.2. The third-order valence-corrected chi connectivity index (χ3v) is 4.26. The summed E-state index contributed by atoms with van der Waals surface area (Å²) in [6.07, 6.45) is 3.41. The molecule has 0 saturated heterocycles. The summed E-state index contributed by atoms with van der Waals surface area (Å²) in [6, 6.07) is 16.0. The van der Waals surface area contributed by atoms with E-state index in [0.717, 1.165) is 22.0 Å². The van der Waals surface area contributed by atoms with Crippen molar-refractivity contribution in [1.29, 1.82) is 0 Å². The maximum atomic E-state index is 11.3. The molecular formula is C20H15N5O2. The van der Waals surface area contributed by atoms with Crippen molar-refractivity contribution < 1.29 is 4.92 Å². The van der Waals surface area contributed by atoms with Gasteiger partial charge in [-0.1, -0.05) is 18.2 Å². The Bertz CT molecular complexity index is 1150. The molecule has 1 N–H and O–H groups in total. The molecule has 4 rings (SSSR count). The average molecular weight is 357 g/mol. The van der Waals surface area contributed by atoms with Crippen LogP contribution >= 0.6 is 0 Å². The highest BCUT2D eigenvalue weighted by molar-refractivity contribution is 5.94. The highest BCUT2D eigenvalue weighted by atomic mass is 16.6. The zero-order valence-electron chi connectivity index (χ0n) is 14.5. The van der Waals surface area contributed by atoms with E-state index in [9.17, 15) is 10.1 Å². The van der Waals surface area contributed by atoms with Gasteiger partial charge >= 0.3 is 0 Å². The monoisotopic (exact) mass is 357 g/mol. The SMILES string of the molecule is CNc1nc(-c2cccnc2)nc2ccc(-c3ccccc3[N+](=O)[O-])cc12. The minimum atomic E-state index is -0.374. The smallest absolute Gasteiger partial charge is 0.277 e. The van der Waals surface area contributed by atoms with Gasteiger partial charge in [0.15, 0.2) is 5.82 Å². The van der Waals surface area contributed by atoms with Crippen LogP contribution in [0.4, 0.5) is 11.5 Å². The number of benzene rings is 2. The number of fused-ring (bicyclic) bond motifs is 1. The van der Waals surface area contributed by atoms with E-state index in [1.807, 2.05) is 30.3 Å². The van der Waals surface area contributed by atoms with Crippen molar-refractivity contribution in [3.63, 3.8) is 0 Å². The Balaban J connectivity index is 1.90. The second-order valence-corrected chi connectivity index (χ2v) is 5.89. The van der Waals surface area contributed by atoms with E-state index in [2.05, 4.69) is 20.3 Å². The van der Waals surface area contributed by atoms with Crippen molar-refractivity contribution in [1.82, 2.24) is 15.0 Å². The number of aromatic nitrogens is 3. The Morgan fingerprint density at radius 2 is 1.85 bits per heavy atom. The second kappa shape index (κ2) is 6.80. The zero-order chi connectivity index (χ0) is 18.8. The largest absolute Gasteiger partial charge is 0.373 e. The van der Waals surface area contributed by atoms with E-state index in [4.69, 9.17) is 0 Å². The van der Waals surface area contributed by atoms with Crippen LogP contribution in [0.15, 0.2) is 67.0 Å². The lowest BCUT2D eigenvalue weighted by atomic mass is 10.0. The number of hydrogen-bond acceptors (Lipinski definition) is 6. The van der Waals surface area contributed by atoms with Gasteiger partial charge in [0.1, 0.15) is 5.82 Å². The standard InChI is InChI=1S/C20H15N5O2/c1-21-20-16-11-13(15-6-2-3-7-18(15)25(26)27)8-9-17(16)23-19(24-20)14-5-4-10-22-12-14/h2-12H,1H3,(H,21,23,24). The number of nitro groups is 1. The van der Waals surface area contributed by atoms with Crippen LogP contribution in [0.25, 0.3) is 33.4 Å². The van der Waals surface area contributed by atoms with E-state index in [0.29, 0.717) is 17.2 Å². The Hall–Kier alpha value is -3.87. The first-order chi connectivity index (χ1) is 13.2. The van der Waals surface area contributed by atoms with E-state index in [1.165, 1.54) is 6.07 Å². The first-order valence-corrected chi connectivity index (χ1v) is 8.31. The fourth-order valence-corrected chi connectivity index (χ4v) is 2.99. The Morgan fingerprint density at radius 3 is 2.59 bits per heavy atom. The lowest BCUT2D eigenvalue weighted by Gasteiger charge is -2.10. The highest BCUT2D eigenvalue weighted by Crippen LogP contribution is 2.33. The van der Waals surface area contributed by atoms with Crippen LogP contribution in [0.5, 0.6) is 0 Å². The lowest BCUT2D eigenvalue weighted by molar-refractivity contribution is -0.384. The fraction of sp³-hybridized carbons (Fsp3) is 0.0500. The highest BCUT2D eigenvalue weighted by Gasteiger charge is 2.16. The molecule has 7 heteroatoms. The van der Waals surface area contributed by atoms with Crippen molar-refractivity contribution in [3.8, 4) is 22.5 Å². The van der Waals surface area contributed by atoms with Gasteiger partial charge in [-0.2, -0.15) is 0 Å². The molecule has 0 radical (unpaired) electrons. The molecule has 0 aliphatic rings. The fourth-order valence-electron chi connectivity index (χ4n) is 2.99. The number of pyridine rings is 1. The van der Waals surface area contributed by atoms with Crippen molar-refractivity contribution in [2.24, 2.45) is 0 Å². The summed E-state index contributed by atoms with van der Waals surface area (Å²) < 4.78 is 0. The Morgan fingerprint density at radius 1 is 1.00 bits per heavy atom. The van der Waals surface area contributed by atoms with E-state index >= 15 is 0 Å². The average Bonchev–Trinajstić information content (AvgIpc) is 2.73. The molecule has 4 aromatic rings. The van der Waals surface area contributed by atoms with Crippen LogP contribution < -0.4 is 5.32 Å². The quantitative estimate of drug-likeness (QED) is 0.432. The maximum absolute atomic E-state index is 11.3. The van der Waals surface area contributed by atoms with Crippen molar-refractivity contribution in [2.75, 3.05) is 12.4 Å². The topological polar surface area (TPSA) is 93.8 Å². The van der Waals surface area contributed by atoms with Crippen LogP contribution in [0.1, 0.15) is 0 Å². The predicted octanol–water partition coefficient (Wildman–Crippen LogP) is 4.31. The summed E-state index contributed by atoms with van der Waals surface area (Å²) in [6.45, 7) is 0. The number of rotatable bonds is 4. The lowest BCUT2D eigenvalue weighted by Crippen LogP contribution is -1.99. The number of nitrogens with zero attached hydrogens (tertiary/aromatic N) is 4. The zero-order valence-corrected chi connectivity index (χ0v) is 14.5. The number of hydrogen-bond donors (Lipinski definition) is 1. The third kappa shape index (κ3) is 3.06. The van der Waals surface area contributed by atoms with Crippen LogP contribution in [0.2, 0.25) is 0 Å². The first kappa shape index (κ1) is 16.6. The van der Waals surface area contributed by atoms with Crippen molar-refractivity contribution in [3.05, 3.63) is 77.1 Å². The molecule has 0 bridgehead atoms. The molecule has 0 saturated carbocycles. The van der Waals surface area contributed by atoms with Crippen LogP contribution in [0, 0.1) is 10.1 Å². The summed E-state index contributed by atoms with van der Waals surface area (Å²) in [5.74, 6) is 1.22.